The molecule has 17 heavy (non-hydrogen) atoms. The number of hydrogen-bond acceptors (Lipinski definition) is 4. The van der Waals surface area contributed by atoms with Gasteiger partial charge in [-0.05, 0) is 12.1 Å². The Morgan fingerprint density at radius 2 is 2.12 bits per heavy atom. The first-order valence-corrected chi connectivity index (χ1v) is 4.90. The van der Waals surface area contributed by atoms with Gasteiger partial charge >= 0.3 is 0 Å². The number of carbonyl (C=O) groups excluding carboxylic acids is 1. The van der Waals surface area contributed by atoms with E-state index in [1.807, 2.05) is 0 Å². The van der Waals surface area contributed by atoms with Crippen LogP contribution in [-0.2, 0) is 0 Å². The van der Waals surface area contributed by atoms with Crippen molar-refractivity contribution >= 4 is 5.91 Å². The lowest BCUT2D eigenvalue weighted by atomic mass is 10.2. The maximum atomic E-state index is 11.2. The van der Waals surface area contributed by atoms with Crippen LogP contribution in [0.5, 0.6) is 17.4 Å². The monoisotopic (exact) mass is 233 g/mol. The SMILES string of the molecule is COc1coc(Oc2ccccc2C(N)=O)c1. The number of rotatable bonds is 4. The molecular weight excluding hydrogens is 222 g/mol. The van der Waals surface area contributed by atoms with E-state index in [4.69, 9.17) is 19.6 Å². The number of benzene rings is 1. The van der Waals surface area contributed by atoms with E-state index in [9.17, 15) is 4.79 Å². The third-order valence-corrected chi connectivity index (χ3v) is 2.15. The summed E-state index contributed by atoms with van der Waals surface area (Å²) in [6.07, 6.45) is 1.40. The molecule has 0 aliphatic heterocycles. The lowest BCUT2D eigenvalue weighted by molar-refractivity contribution is 0.0997. The first kappa shape index (κ1) is 11.1. The minimum Gasteiger partial charge on any atom is -0.493 e. The van der Waals surface area contributed by atoms with E-state index < -0.39 is 5.91 Å². The van der Waals surface area contributed by atoms with Crippen molar-refractivity contribution < 1.29 is 18.7 Å². The lowest BCUT2D eigenvalue weighted by Crippen LogP contribution is -2.11. The fourth-order valence-electron chi connectivity index (χ4n) is 1.33. The molecule has 0 radical (unpaired) electrons. The van der Waals surface area contributed by atoms with Crippen molar-refractivity contribution in [3.63, 3.8) is 0 Å². The van der Waals surface area contributed by atoms with E-state index in [2.05, 4.69) is 0 Å². The molecule has 5 nitrogen and oxygen atoms in total. The van der Waals surface area contributed by atoms with Crippen LogP contribution in [0.3, 0.4) is 0 Å². The molecule has 1 aromatic carbocycles. The summed E-state index contributed by atoms with van der Waals surface area (Å²) in [6, 6.07) is 8.22. The predicted octanol–water partition coefficient (Wildman–Crippen LogP) is 2.18. The van der Waals surface area contributed by atoms with Crippen molar-refractivity contribution in [1.29, 1.82) is 0 Å². The molecule has 2 aromatic rings. The zero-order chi connectivity index (χ0) is 12.3. The highest BCUT2D eigenvalue weighted by atomic mass is 16.6. The predicted molar refractivity (Wildman–Crippen MR) is 60.3 cm³/mol. The van der Waals surface area contributed by atoms with E-state index in [0.29, 0.717) is 17.1 Å². The summed E-state index contributed by atoms with van der Waals surface area (Å²) in [5.41, 5.74) is 5.52. The number of methoxy groups -OCH3 is 1. The van der Waals surface area contributed by atoms with Crippen LogP contribution >= 0.6 is 0 Å². The van der Waals surface area contributed by atoms with Gasteiger partial charge < -0.3 is 19.6 Å². The standard InChI is InChI=1S/C12H11NO4/c1-15-8-6-11(16-7-8)17-10-5-3-2-4-9(10)12(13)14/h2-7H,1H3,(H2,13,14). The van der Waals surface area contributed by atoms with Crippen LogP contribution in [-0.4, -0.2) is 13.0 Å². The molecule has 0 bridgehead atoms. The summed E-state index contributed by atoms with van der Waals surface area (Å²) >= 11 is 0. The van der Waals surface area contributed by atoms with E-state index in [1.54, 1.807) is 30.3 Å². The smallest absolute Gasteiger partial charge is 0.293 e. The van der Waals surface area contributed by atoms with Crippen molar-refractivity contribution in [3.8, 4) is 17.4 Å². The van der Waals surface area contributed by atoms with Crippen molar-refractivity contribution in [3.05, 3.63) is 42.2 Å². The van der Waals surface area contributed by atoms with E-state index in [1.165, 1.54) is 13.4 Å². The topological polar surface area (TPSA) is 74.7 Å². The molecule has 0 aliphatic carbocycles. The molecule has 0 atom stereocenters. The highest BCUT2D eigenvalue weighted by Crippen LogP contribution is 2.29. The van der Waals surface area contributed by atoms with Gasteiger partial charge in [0, 0.05) is 0 Å². The number of ether oxygens (including phenoxy) is 2. The fraction of sp³-hybridized carbons (Fsp3) is 0.0833. The van der Waals surface area contributed by atoms with Crippen LogP contribution in [0.25, 0.3) is 0 Å². The Balaban J connectivity index is 2.26. The molecule has 5 heteroatoms. The average Bonchev–Trinajstić information content (AvgIpc) is 2.77. The fourth-order valence-corrected chi connectivity index (χ4v) is 1.33. The number of amides is 1. The largest absolute Gasteiger partial charge is 0.493 e. The summed E-state index contributed by atoms with van der Waals surface area (Å²) in [5, 5.41) is 0. The van der Waals surface area contributed by atoms with Crippen LogP contribution in [0.2, 0.25) is 0 Å². The molecule has 0 aliphatic rings. The molecule has 0 unspecified atom stereocenters. The van der Waals surface area contributed by atoms with Crippen LogP contribution < -0.4 is 15.2 Å². The van der Waals surface area contributed by atoms with Crippen LogP contribution in [0.15, 0.2) is 41.0 Å². The zero-order valence-corrected chi connectivity index (χ0v) is 9.17. The highest BCUT2D eigenvalue weighted by Gasteiger charge is 2.11. The maximum absolute atomic E-state index is 11.2. The second-order valence-electron chi connectivity index (χ2n) is 3.27. The summed E-state index contributed by atoms with van der Waals surface area (Å²) in [7, 11) is 1.52. The van der Waals surface area contributed by atoms with Crippen molar-refractivity contribution in [2.75, 3.05) is 7.11 Å². The van der Waals surface area contributed by atoms with Gasteiger partial charge in [0.05, 0.1) is 18.7 Å². The number of para-hydroxylation sites is 1. The number of primary amides is 1. The van der Waals surface area contributed by atoms with E-state index in [0.717, 1.165) is 0 Å². The number of hydrogen-bond donors (Lipinski definition) is 1. The third kappa shape index (κ3) is 2.39. The Morgan fingerprint density at radius 1 is 1.35 bits per heavy atom. The molecule has 2 N–H and O–H groups in total. The summed E-state index contributed by atoms with van der Waals surface area (Å²) in [5.74, 6) is 0.559. The maximum Gasteiger partial charge on any atom is 0.293 e. The first-order valence-electron chi connectivity index (χ1n) is 4.90. The number of carbonyl (C=O) groups is 1. The molecule has 1 heterocycles. The Kier molecular flexibility index (Phi) is 3.00. The zero-order valence-electron chi connectivity index (χ0n) is 9.17. The average molecular weight is 233 g/mol. The van der Waals surface area contributed by atoms with Gasteiger partial charge in [0.2, 0.25) is 0 Å². The molecule has 0 saturated heterocycles. The van der Waals surface area contributed by atoms with E-state index in [-0.39, 0.29) is 5.95 Å². The molecule has 0 fully saturated rings. The van der Waals surface area contributed by atoms with Crippen LogP contribution in [0.4, 0.5) is 0 Å². The Bertz CT molecular complexity index is 533. The molecule has 2 rings (SSSR count). The van der Waals surface area contributed by atoms with Gasteiger partial charge in [-0.15, -0.1) is 0 Å². The van der Waals surface area contributed by atoms with Crippen LogP contribution in [0.1, 0.15) is 10.4 Å². The van der Waals surface area contributed by atoms with Gasteiger partial charge in [0.15, 0.2) is 5.75 Å². The quantitative estimate of drug-likeness (QED) is 0.878. The summed E-state index contributed by atoms with van der Waals surface area (Å²) in [6.45, 7) is 0. The molecule has 0 saturated carbocycles. The second kappa shape index (κ2) is 4.61. The minimum atomic E-state index is -0.556. The van der Waals surface area contributed by atoms with Crippen molar-refractivity contribution in [1.82, 2.24) is 0 Å². The van der Waals surface area contributed by atoms with Crippen molar-refractivity contribution in [2.24, 2.45) is 5.73 Å². The summed E-state index contributed by atoms with van der Waals surface area (Å²) in [4.78, 5) is 11.2. The molecule has 1 aromatic heterocycles. The number of furan rings is 1. The Morgan fingerprint density at radius 3 is 2.76 bits per heavy atom. The summed E-state index contributed by atoms with van der Waals surface area (Å²) < 4.78 is 15.4. The number of nitrogens with two attached hydrogens (primary N) is 1. The van der Waals surface area contributed by atoms with Gasteiger partial charge in [0.25, 0.3) is 11.9 Å². The van der Waals surface area contributed by atoms with Crippen LogP contribution in [0, 0.1) is 0 Å². The van der Waals surface area contributed by atoms with Gasteiger partial charge in [0.1, 0.15) is 12.0 Å². The van der Waals surface area contributed by atoms with Gasteiger partial charge in [-0.1, -0.05) is 12.1 Å². The Hall–Kier alpha value is -2.43. The first-order chi connectivity index (χ1) is 8.20. The van der Waals surface area contributed by atoms with E-state index >= 15 is 0 Å². The lowest BCUT2D eigenvalue weighted by Gasteiger charge is -2.05. The third-order valence-electron chi connectivity index (χ3n) is 2.15. The van der Waals surface area contributed by atoms with Crippen molar-refractivity contribution in [2.45, 2.75) is 0 Å². The van der Waals surface area contributed by atoms with Gasteiger partial charge in [-0.25, -0.2) is 0 Å². The normalized spacial score (nSPS) is 9.94. The highest BCUT2D eigenvalue weighted by molar-refractivity contribution is 5.95. The molecule has 0 spiro atoms. The van der Waals surface area contributed by atoms with Gasteiger partial charge in [-0.3, -0.25) is 4.79 Å². The Labute approximate surface area is 97.7 Å². The second-order valence-corrected chi connectivity index (χ2v) is 3.27. The molecule has 1 amide bonds. The minimum absolute atomic E-state index is 0.232. The van der Waals surface area contributed by atoms with Gasteiger partial charge in [-0.2, -0.15) is 0 Å². The molecule has 88 valence electrons. The molecular formula is C12H11NO4.